The summed E-state index contributed by atoms with van der Waals surface area (Å²) in [6.07, 6.45) is 2.63. The molecule has 12 heavy (non-hydrogen) atoms. The van der Waals surface area contributed by atoms with Gasteiger partial charge in [-0.2, -0.15) is 0 Å². The van der Waals surface area contributed by atoms with Gasteiger partial charge in [-0.15, -0.1) is 37.2 Å². The van der Waals surface area contributed by atoms with E-state index in [2.05, 4.69) is 0 Å². The van der Waals surface area contributed by atoms with E-state index in [1.54, 1.807) is 0 Å². The number of halogens is 3. The molecule has 0 unspecified atom stereocenters. The first-order chi connectivity index (χ1) is 4.06. The second-order valence-corrected chi connectivity index (χ2v) is 2.23. The van der Waals surface area contributed by atoms with Crippen LogP contribution in [-0.4, -0.2) is 21.3 Å². The molecule has 0 aliphatic carbocycles. The zero-order chi connectivity index (χ0) is 7.33. The molecule has 0 rings (SSSR count). The van der Waals surface area contributed by atoms with Crippen molar-refractivity contribution < 1.29 is 15.3 Å². The summed E-state index contributed by atoms with van der Waals surface area (Å²) in [6.45, 7) is 2.01. The second kappa shape index (κ2) is 11.8. The molecule has 3 nitrogen and oxygen atoms in total. The molecule has 0 fully saturated rings. The molecule has 80 valence electrons. The van der Waals surface area contributed by atoms with Gasteiger partial charge in [-0.1, -0.05) is 19.8 Å². The van der Waals surface area contributed by atoms with E-state index in [4.69, 9.17) is 15.3 Å². The fourth-order valence-electron chi connectivity index (χ4n) is 0.612. The molecule has 0 aromatic carbocycles. The predicted molar refractivity (Wildman–Crippen MR) is 55.3 cm³/mol. The van der Waals surface area contributed by atoms with Crippen molar-refractivity contribution in [1.29, 1.82) is 0 Å². The Morgan fingerprint density at radius 3 is 1.58 bits per heavy atom. The fourth-order valence-corrected chi connectivity index (χ4v) is 0.612. The topological polar surface area (TPSA) is 60.7 Å². The van der Waals surface area contributed by atoms with Crippen molar-refractivity contribution >= 4 is 37.2 Å². The highest BCUT2D eigenvalue weighted by Gasteiger charge is 2.15. The molecular formula is C6H17Cl3O3. The van der Waals surface area contributed by atoms with Crippen molar-refractivity contribution in [2.75, 3.05) is 0 Å². The zero-order valence-electron chi connectivity index (χ0n) is 6.89. The van der Waals surface area contributed by atoms with Crippen LogP contribution < -0.4 is 0 Å². The van der Waals surface area contributed by atoms with E-state index in [9.17, 15) is 0 Å². The normalized spacial score (nSPS) is 9.00. The molecule has 6 heteroatoms. The zero-order valence-corrected chi connectivity index (χ0v) is 9.34. The van der Waals surface area contributed by atoms with Crippen LogP contribution in [0.4, 0.5) is 0 Å². The molecule has 0 amide bonds. The van der Waals surface area contributed by atoms with Crippen LogP contribution in [0.15, 0.2) is 0 Å². The van der Waals surface area contributed by atoms with E-state index < -0.39 is 5.97 Å². The average molecular weight is 244 g/mol. The number of rotatable bonds is 4. The Balaban J connectivity index is -0.000000107. The van der Waals surface area contributed by atoms with Gasteiger partial charge in [0.15, 0.2) is 0 Å². The van der Waals surface area contributed by atoms with Gasteiger partial charge in [0.1, 0.15) is 0 Å². The molecule has 0 atom stereocenters. The fraction of sp³-hybridized carbons (Fsp3) is 1.00. The first-order valence-corrected chi connectivity index (χ1v) is 3.23. The third-order valence-corrected chi connectivity index (χ3v) is 1.12. The van der Waals surface area contributed by atoms with Gasteiger partial charge in [0.05, 0.1) is 0 Å². The highest BCUT2D eigenvalue weighted by Crippen LogP contribution is 2.07. The van der Waals surface area contributed by atoms with Gasteiger partial charge in [0.25, 0.3) is 5.97 Å². The molecule has 0 aliphatic heterocycles. The minimum atomic E-state index is -2.45. The molecule has 3 N–H and O–H groups in total. The smallest absolute Gasteiger partial charge is 0.275 e. The van der Waals surface area contributed by atoms with Gasteiger partial charge < -0.3 is 15.3 Å². The lowest BCUT2D eigenvalue weighted by Gasteiger charge is -2.12. The van der Waals surface area contributed by atoms with Crippen LogP contribution in [0.5, 0.6) is 0 Å². The van der Waals surface area contributed by atoms with E-state index in [-0.39, 0.29) is 43.6 Å². The van der Waals surface area contributed by atoms with E-state index >= 15 is 0 Å². The van der Waals surface area contributed by atoms with Crippen LogP contribution in [0.1, 0.15) is 32.6 Å². The van der Waals surface area contributed by atoms with Crippen LogP contribution in [0.25, 0.3) is 0 Å². The monoisotopic (exact) mass is 242 g/mol. The lowest BCUT2D eigenvalue weighted by atomic mass is 10.2. The molecule has 0 aromatic rings. The van der Waals surface area contributed by atoms with Crippen LogP contribution >= 0.6 is 37.2 Å². The first-order valence-electron chi connectivity index (χ1n) is 3.23. The summed E-state index contributed by atoms with van der Waals surface area (Å²) in [5, 5.41) is 25.1. The summed E-state index contributed by atoms with van der Waals surface area (Å²) in [5.41, 5.74) is 0. The molecule has 0 bridgehead atoms. The molecule has 0 saturated heterocycles. The highest BCUT2D eigenvalue weighted by molar-refractivity contribution is 5.86. The van der Waals surface area contributed by atoms with Gasteiger partial charge in [-0.25, -0.2) is 0 Å². The van der Waals surface area contributed by atoms with Gasteiger partial charge in [0.2, 0.25) is 0 Å². The van der Waals surface area contributed by atoms with Gasteiger partial charge in [0, 0.05) is 6.42 Å². The van der Waals surface area contributed by atoms with Crippen LogP contribution in [0.3, 0.4) is 0 Å². The van der Waals surface area contributed by atoms with Crippen LogP contribution in [-0.2, 0) is 0 Å². The molecule has 0 aliphatic rings. The van der Waals surface area contributed by atoms with E-state index in [0.717, 1.165) is 12.8 Å². The minimum Gasteiger partial charge on any atom is -0.344 e. The molecular weight excluding hydrogens is 226 g/mol. The lowest BCUT2D eigenvalue weighted by Crippen LogP contribution is -2.26. The lowest BCUT2D eigenvalue weighted by molar-refractivity contribution is -0.314. The van der Waals surface area contributed by atoms with Gasteiger partial charge in [-0.3, -0.25) is 0 Å². The number of hydrogen-bond acceptors (Lipinski definition) is 3. The van der Waals surface area contributed by atoms with Crippen LogP contribution in [0, 0.1) is 0 Å². The van der Waals surface area contributed by atoms with Crippen molar-refractivity contribution in [3.05, 3.63) is 0 Å². The summed E-state index contributed by atoms with van der Waals surface area (Å²) in [4.78, 5) is 0. The summed E-state index contributed by atoms with van der Waals surface area (Å²) in [5.74, 6) is -2.45. The summed E-state index contributed by atoms with van der Waals surface area (Å²) in [6, 6.07) is 0. The Kier molecular flexibility index (Phi) is 22.5. The standard InChI is InChI=1S/C6H14O3.3ClH/c1-2-3-4-5-6(7,8)9;;;/h7-9H,2-5H2,1H3;3*1H. The Morgan fingerprint density at radius 2 is 1.33 bits per heavy atom. The van der Waals surface area contributed by atoms with E-state index in [1.165, 1.54) is 0 Å². The Hall–Kier alpha value is 0.750. The maximum absolute atomic E-state index is 8.36. The van der Waals surface area contributed by atoms with Crippen molar-refractivity contribution in [2.45, 2.75) is 38.6 Å². The minimum absolute atomic E-state index is 0. The quantitative estimate of drug-likeness (QED) is 0.518. The highest BCUT2D eigenvalue weighted by atomic mass is 35.5. The third-order valence-electron chi connectivity index (χ3n) is 1.12. The Bertz CT molecular complexity index is 74.9. The third kappa shape index (κ3) is 22.4. The van der Waals surface area contributed by atoms with Gasteiger partial charge in [-0.05, 0) is 6.42 Å². The molecule has 0 aromatic heterocycles. The van der Waals surface area contributed by atoms with Crippen molar-refractivity contribution in [3.63, 3.8) is 0 Å². The van der Waals surface area contributed by atoms with Crippen molar-refractivity contribution in [2.24, 2.45) is 0 Å². The number of aliphatic hydroxyl groups is 3. The molecule has 0 saturated carbocycles. The number of unbranched alkanes of at least 4 members (excludes halogenated alkanes) is 2. The summed E-state index contributed by atoms with van der Waals surface area (Å²) in [7, 11) is 0. The molecule has 0 heterocycles. The predicted octanol–water partition coefficient (Wildman–Crippen LogP) is 1.46. The Labute approximate surface area is 91.4 Å². The van der Waals surface area contributed by atoms with Crippen molar-refractivity contribution in [1.82, 2.24) is 0 Å². The maximum atomic E-state index is 8.36. The largest absolute Gasteiger partial charge is 0.344 e. The van der Waals surface area contributed by atoms with Gasteiger partial charge >= 0.3 is 0 Å². The van der Waals surface area contributed by atoms with Crippen molar-refractivity contribution in [3.8, 4) is 0 Å². The molecule has 0 radical (unpaired) electrons. The SMILES string of the molecule is CCCCCC(O)(O)O.Cl.Cl.Cl. The van der Waals surface area contributed by atoms with E-state index in [0.29, 0.717) is 6.42 Å². The van der Waals surface area contributed by atoms with Crippen LogP contribution in [0.2, 0.25) is 0 Å². The Morgan fingerprint density at radius 1 is 0.917 bits per heavy atom. The summed E-state index contributed by atoms with van der Waals surface area (Å²) < 4.78 is 0. The summed E-state index contributed by atoms with van der Waals surface area (Å²) >= 11 is 0. The first kappa shape index (κ1) is 23.0. The average Bonchev–Trinajstić information content (AvgIpc) is 1.63. The maximum Gasteiger partial charge on any atom is 0.275 e. The number of hydrogen-bond donors (Lipinski definition) is 3. The molecule has 0 spiro atoms. The second-order valence-electron chi connectivity index (χ2n) is 2.23. The van der Waals surface area contributed by atoms with E-state index in [1.807, 2.05) is 6.92 Å².